The minimum Gasteiger partial charge on any atom is -0.486 e. The van der Waals surface area contributed by atoms with Gasteiger partial charge in [0, 0.05) is 25.7 Å². The molecule has 5 rings (SSSR count). The molecule has 33 heavy (non-hydrogen) atoms. The predicted octanol–water partition coefficient (Wildman–Crippen LogP) is 2.21. The van der Waals surface area contributed by atoms with Crippen LogP contribution in [0.1, 0.15) is 25.0 Å². The van der Waals surface area contributed by atoms with Gasteiger partial charge < -0.3 is 19.1 Å². The van der Waals surface area contributed by atoms with Crippen LogP contribution in [-0.4, -0.2) is 68.1 Å². The molecule has 3 aliphatic heterocycles. The summed E-state index contributed by atoms with van der Waals surface area (Å²) in [7, 11) is -3.98. The molecule has 3 aliphatic rings. The lowest BCUT2D eigenvalue weighted by Gasteiger charge is -2.41. The highest BCUT2D eigenvalue weighted by Gasteiger charge is 2.42. The average Bonchev–Trinajstić information content (AvgIpc) is 2.81. The zero-order chi connectivity index (χ0) is 23.2. The van der Waals surface area contributed by atoms with E-state index < -0.39 is 16.1 Å². The number of amides is 1. The standard InChI is InChI=1S/C24H28N2O6S/c1-16-13-25(14-17(2)32-16)24(27)21-11-18-5-3-4-6-19(18)15-26(21)33(28,29)20-7-8-22-23(12-20)31-10-9-30-22/h3-8,12,16-17,21H,9-11,13-15H2,1-2H3/t16-,17+,21-/m0/s1. The summed E-state index contributed by atoms with van der Waals surface area (Å²) in [4.78, 5) is 15.5. The first-order chi connectivity index (χ1) is 15.8. The van der Waals surface area contributed by atoms with Gasteiger partial charge in [0.1, 0.15) is 19.3 Å². The van der Waals surface area contributed by atoms with Crippen molar-refractivity contribution in [2.75, 3.05) is 26.3 Å². The first-order valence-electron chi connectivity index (χ1n) is 11.3. The maximum atomic E-state index is 13.8. The SMILES string of the molecule is C[C@@H]1CN(C(=O)[C@@H]2Cc3ccccc3CN2S(=O)(=O)c2ccc3c(c2)OCCO3)C[C@H](C)O1. The van der Waals surface area contributed by atoms with Crippen molar-refractivity contribution in [3.63, 3.8) is 0 Å². The predicted molar refractivity (Wildman–Crippen MR) is 121 cm³/mol. The number of carbonyl (C=O) groups is 1. The highest BCUT2D eigenvalue weighted by Crippen LogP contribution is 2.36. The lowest BCUT2D eigenvalue weighted by Crippen LogP contribution is -2.57. The van der Waals surface area contributed by atoms with E-state index in [1.165, 1.54) is 16.4 Å². The van der Waals surface area contributed by atoms with Gasteiger partial charge in [-0.1, -0.05) is 24.3 Å². The van der Waals surface area contributed by atoms with Gasteiger partial charge >= 0.3 is 0 Å². The summed E-state index contributed by atoms with van der Waals surface area (Å²) in [6.07, 6.45) is 0.131. The molecule has 0 radical (unpaired) electrons. The fourth-order valence-electron chi connectivity index (χ4n) is 4.85. The average molecular weight is 473 g/mol. The lowest BCUT2D eigenvalue weighted by molar-refractivity contribution is -0.147. The third-order valence-corrected chi connectivity index (χ3v) is 8.19. The van der Waals surface area contributed by atoms with Crippen LogP contribution >= 0.6 is 0 Å². The summed E-state index contributed by atoms with van der Waals surface area (Å²) in [5.74, 6) is 0.735. The molecular weight excluding hydrogens is 444 g/mol. The second kappa shape index (κ2) is 8.62. The number of carbonyl (C=O) groups excluding carboxylic acids is 1. The third kappa shape index (κ3) is 4.20. The van der Waals surface area contributed by atoms with E-state index in [0.29, 0.717) is 44.2 Å². The molecule has 1 amide bonds. The molecule has 0 aromatic heterocycles. The topological polar surface area (TPSA) is 85.4 Å². The monoisotopic (exact) mass is 472 g/mol. The van der Waals surface area contributed by atoms with Crippen LogP contribution in [0.25, 0.3) is 0 Å². The Kier molecular flexibility index (Phi) is 5.80. The van der Waals surface area contributed by atoms with Crippen molar-refractivity contribution in [3.8, 4) is 11.5 Å². The Morgan fingerprint density at radius 3 is 2.33 bits per heavy atom. The minimum atomic E-state index is -3.98. The Balaban J connectivity index is 1.52. The molecule has 176 valence electrons. The largest absolute Gasteiger partial charge is 0.486 e. The maximum absolute atomic E-state index is 13.8. The molecule has 0 aliphatic carbocycles. The van der Waals surface area contributed by atoms with Crippen LogP contribution in [0.2, 0.25) is 0 Å². The number of benzene rings is 2. The van der Waals surface area contributed by atoms with Crippen LogP contribution in [0.5, 0.6) is 11.5 Å². The Bertz CT molecular complexity index is 1160. The van der Waals surface area contributed by atoms with Crippen LogP contribution in [0, 0.1) is 0 Å². The van der Waals surface area contributed by atoms with E-state index in [1.54, 1.807) is 11.0 Å². The van der Waals surface area contributed by atoms with Crippen molar-refractivity contribution in [2.45, 2.75) is 50.0 Å². The fourth-order valence-corrected chi connectivity index (χ4v) is 6.43. The molecule has 1 fully saturated rings. The van der Waals surface area contributed by atoms with Crippen LogP contribution < -0.4 is 9.47 Å². The molecule has 0 N–H and O–H groups in total. The molecule has 0 spiro atoms. The van der Waals surface area contributed by atoms with Crippen molar-refractivity contribution in [1.82, 2.24) is 9.21 Å². The van der Waals surface area contributed by atoms with Gasteiger partial charge in [0.05, 0.1) is 17.1 Å². The van der Waals surface area contributed by atoms with E-state index >= 15 is 0 Å². The van der Waals surface area contributed by atoms with Gasteiger partial charge in [-0.3, -0.25) is 4.79 Å². The summed E-state index contributed by atoms with van der Waals surface area (Å²) >= 11 is 0. The quantitative estimate of drug-likeness (QED) is 0.681. The van der Waals surface area contributed by atoms with Gasteiger partial charge in [-0.05, 0) is 43.5 Å². The summed E-state index contributed by atoms with van der Waals surface area (Å²) in [6.45, 7) is 5.67. The molecule has 0 unspecified atom stereocenters. The zero-order valence-electron chi connectivity index (χ0n) is 18.8. The zero-order valence-corrected chi connectivity index (χ0v) is 19.6. The summed E-state index contributed by atoms with van der Waals surface area (Å²) < 4.78 is 45.9. The summed E-state index contributed by atoms with van der Waals surface area (Å²) in [5.41, 5.74) is 1.91. The van der Waals surface area contributed by atoms with E-state index in [1.807, 2.05) is 38.1 Å². The molecule has 0 bridgehead atoms. The molecular formula is C24H28N2O6S. The van der Waals surface area contributed by atoms with Crippen molar-refractivity contribution in [2.24, 2.45) is 0 Å². The first kappa shape index (κ1) is 22.2. The Hall–Kier alpha value is -2.62. The van der Waals surface area contributed by atoms with Crippen LogP contribution in [-0.2, 0) is 32.5 Å². The summed E-state index contributed by atoms with van der Waals surface area (Å²) in [6, 6.07) is 11.5. The van der Waals surface area contributed by atoms with Gasteiger partial charge in [0.2, 0.25) is 15.9 Å². The Labute approximate surface area is 194 Å². The number of nitrogens with zero attached hydrogens (tertiary/aromatic N) is 2. The van der Waals surface area contributed by atoms with E-state index in [9.17, 15) is 13.2 Å². The Morgan fingerprint density at radius 2 is 1.61 bits per heavy atom. The smallest absolute Gasteiger partial charge is 0.244 e. The molecule has 9 heteroatoms. The van der Waals surface area contributed by atoms with Crippen molar-refractivity contribution in [3.05, 3.63) is 53.6 Å². The normalized spacial score (nSPS) is 25.4. The second-order valence-corrected chi connectivity index (χ2v) is 10.7. The van der Waals surface area contributed by atoms with Crippen LogP contribution in [0.15, 0.2) is 47.4 Å². The molecule has 2 aromatic carbocycles. The molecule has 2 aromatic rings. The number of fused-ring (bicyclic) bond motifs is 2. The van der Waals surface area contributed by atoms with Gasteiger partial charge in [-0.25, -0.2) is 8.42 Å². The number of hydrogen-bond acceptors (Lipinski definition) is 6. The number of rotatable bonds is 3. The highest BCUT2D eigenvalue weighted by atomic mass is 32.2. The summed E-state index contributed by atoms with van der Waals surface area (Å²) in [5, 5.41) is 0. The van der Waals surface area contributed by atoms with E-state index in [2.05, 4.69) is 0 Å². The van der Waals surface area contributed by atoms with Crippen LogP contribution in [0.4, 0.5) is 0 Å². The minimum absolute atomic E-state index is 0.0904. The van der Waals surface area contributed by atoms with E-state index in [0.717, 1.165) is 11.1 Å². The fraction of sp³-hybridized carbons (Fsp3) is 0.458. The van der Waals surface area contributed by atoms with Crippen molar-refractivity contribution >= 4 is 15.9 Å². The van der Waals surface area contributed by atoms with E-state index in [-0.39, 0.29) is 29.6 Å². The van der Waals surface area contributed by atoms with Gasteiger partial charge in [0.25, 0.3) is 0 Å². The molecule has 3 atom stereocenters. The van der Waals surface area contributed by atoms with Crippen molar-refractivity contribution < 1.29 is 27.4 Å². The van der Waals surface area contributed by atoms with E-state index in [4.69, 9.17) is 14.2 Å². The van der Waals surface area contributed by atoms with Gasteiger partial charge in [-0.15, -0.1) is 0 Å². The van der Waals surface area contributed by atoms with Gasteiger partial charge in [-0.2, -0.15) is 4.31 Å². The van der Waals surface area contributed by atoms with Crippen molar-refractivity contribution in [1.29, 1.82) is 0 Å². The highest BCUT2D eigenvalue weighted by molar-refractivity contribution is 7.89. The van der Waals surface area contributed by atoms with Crippen LogP contribution in [0.3, 0.4) is 0 Å². The third-order valence-electron chi connectivity index (χ3n) is 6.34. The second-order valence-electron chi connectivity index (χ2n) is 8.84. The number of sulfonamides is 1. The molecule has 8 nitrogen and oxygen atoms in total. The van der Waals surface area contributed by atoms with Gasteiger partial charge in [0.15, 0.2) is 11.5 Å². The molecule has 1 saturated heterocycles. The molecule has 3 heterocycles. The lowest BCUT2D eigenvalue weighted by atomic mass is 9.95. The maximum Gasteiger partial charge on any atom is 0.244 e. The number of morpholine rings is 1. The Morgan fingerprint density at radius 1 is 0.939 bits per heavy atom. The molecule has 0 saturated carbocycles. The number of hydrogen-bond donors (Lipinski definition) is 0. The first-order valence-corrected chi connectivity index (χ1v) is 12.7. The number of ether oxygens (including phenoxy) is 3.